The molecule has 0 radical (unpaired) electrons. The molecule has 2 rings (SSSR count). The van der Waals surface area contributed by atoms with Crippen molar-refractivity contribution in [2.24, 2.45) is 4.99 Å². The Hall–Kier alpha value is -1.91. The molecule has 1 aromatic heterocycles. The minimum absolute atomic E-state index is 0.199. The number of aliphatic imine (C=N–C) groups is 1. The molecule has 0 saturated carbocycles. The van der Waals surface area contributed by atoms with E-state index in [1.807, 2.05) is 0 Å². The van der Waals surface area contributed by atoms with Crippen LogP contribution in [0.1, 0.15) is 12.8 Å². The number of nitrogens with one attached hydrogen (secondary N) is 2. The van der Waals surface area contributed by atoms with Gasteiger partial charge in [-0.2, -0.15) is 0 Å². The van der Waals surface area contributed by atoms with E-state index in [0.717, 1.165) is 19.4 Å². The zero-order chi connectivity index (χ0) is 11.2. The third-order valence-electron chi connectivity index (χ3n) is 2.28. The largest absolute Gasteiger partial charge is 0.366 e. The lowest BCUT2D eigenvalue weighted by Crippen LogP contribution is -2.35. The van der Waals surface area contributed by atoms with E-state index in [1.54, 1.807) is 24.5 Å². The predicted octanol–water partition coefficient (Wildman–Crippen LogP) is 0.802. The topological polar surface area (TPSA) is 66.4 Å². The van der Waals surface area contributed by atoms with Gasteiger partial charge in [0.25, 0.3) is 5.91 Å². The van der Waals surface area contributed by atoms with Crippen LogP contribution in [-0.2, 0) is 4.79 Å². The molecule has 0 atom stereocenters. The summed E-state index contributed by atoms with van der Waals surface area (Å²) >= 11 is 0. The fourth-order valence-corrected chi connectivity index (χ4v) is 1.47. The molecule has 2 N–H and O–H groups in total. The fraction of sp³-hybridized carbons (Fsp3) is 0.364. The SMILES string of the molecule is O=C(Nc1cccnc1)C1=NCCCCN1. The molecule has 0 bridgehead atoms. The predicted molar refractivity (Wildman–Crippen MR) is 62.4 cm³/mol. The van der Waals surface area contributed by atoms with Crippen LogP contribution in [0.4, 0.5) is 5.69 Å². The summed E-state index contributed by atoms with van der Waals surface area (Å²) in [6.45, 7) is 1.52. The average Bonchev–Trinajstić information content (AvgIpc) is 2.59. The summed E-state index contributed by atoms with van der Waals surface area (Å²) in [5.74, 6) is 0.219. The van der Waals surface area contributed by atoms with Crippen molar-refractivity contribution in [3.05, 3.63) is 24.5 Å². The standard InChI is InChI=1S/C11H14N4O/c16-11(10-13-6-1-2-7-14-10)15-9-4-3-5-12-8-9/h3-5,8H,1-2,6-7H2,(H,13,14)(H,15,16). The van der Waals surface area contributed by atoms with Crippen molar-refractivity contribution in [2.75, 3.05) is 18.4 Å². The third kappa shape index (κ3) is 2.79. The van der Waals surface area contributed by atoms with E-state index in [4.69, 9.17) is 0 Å². The third-order valence-corrected chi connectivity index (χ3v) is 2.28. The Morgan fingerprint density at radius 2 is 2.38 bits per heavy atom. The van der Waals surface area contributed by atoms with Gasteiger partial charge >= 0.3 is 0 Å². The maximum absolute atomic E-state index is 11.8. The number of nitrogens with zero attached hydrogens (tertiary/aromatic N) is 2. The maximum atomic E-state index is 11.8. The van der Waals surface area contributed by atoms with E-state index in [2.05, 4.69) is 20.6 Å². The van der Waals surface area contributed by atoms with Crippen LogP contribution in [0.25, 0.3) is 0 Å². The zero-order valence-corrected chi connectivity index (χ0v) is 8.94. The first-order chi connectivity index (χ1) is 7.86. The zero-order valence-electron chi connectivity index (χ0n) is 8.94. The van der Waals surface area contributed by atoms with Gasteiger partial charge in [-0.15, -0.1) is 0 Å². The molecular weight excluding hydrogens is 204 g/mol. The maximum Gasteiger partial charge on any atom is 0.290 e. The van der Waals surface area contributed by atoms with Crippen molar-refractivity contribution in [1.82, 2.24) is 10.3 Å². The molecule has 1 amide bonds. The smallest absolute Gasteiger partial charge is 0.290 e. The van der Waals surface area contributed by atoms with Gasteiger partial charge in [0.2, 0.25) is 0 Å². The van der Waals surface area contributed by atoms with Crippen molar-refractivity contribution < 1.29 is 4.79 Å². The highest BCUT2D eigenvalue weighted by molar-refractivity contribution is 6.42. The van der Waals surface area contributed by atoms with Crippen molar-refractivity contribution in [3.8, 4) is 0 Å². The highest BCUT2D eigenvalue weighted by atomic mass is 16.2. The minimum atomic E-state index is -0.199. The van der Waals surface area contributed by atoms with Crippen molar-refractivity contribution in [2.45, 2.75) is 12.8 Å². The number of amidine groups is 1. The van der Waals surface area contributed by atoms with Gasteiger partial charge in [0.15, 0.2) is 5.84 Å². The van der Waals surface area contributed by atoms with Gasteiger partial charge in [0, 0.05) is 19.3 Å². The Bertz CT molecular complexity index is 388. The lowest BCUT2D eigenvalue weighted by molar-refractivity contribution is -0.110. The molecule has 0 aliphatic carbocycles. The van der Waals surface area contributed by atoms with E-state index in [-0.39, 0.29) is 5.91 Å². The Morgan fingerprint density at radius 1 is 1.44 bits per heavy atom. The van der Waals surface area contributed by atoms with Crippen LogP contribution in [0.15, 0.2) is 29.5 Å². The first kappa shape index (κ1) is 10.6. The van der Waals surface area contributed by atoms with Gasteiger partial charge in [-0.1, -0.05) is 0 Å². The molecule has 2 heterocycles. The molecule has 84 valence electrons. The summed E-state index contributed by atoms with van der Waals surface area (Å²) in [5, 5.41) is 5.76. The van der Waals surface area contributed by atoms with Crippen molar-refractivity contribution >= 4 is 17.4 Å². The second kappa shape index (κ2) is 5.25. The van der Waals surface area contributed by atoms with E-state index < -0.39 is 0 Å². The molecule has 0 fully saturated rings. The van der Waals surface area contributed by atoms with Gasteiger partial charge < -0.3 is 10.6 Å². The highest BCUT2D eigenvalue weighted by Gasteiger charge is 2.12. The lowest BCUT2D eigenvalue weighted by atomic mass is 10.3. The fourth-order valence-electron chi connectivity index (χ4n) is 1.47. The van der Waals surface area contributed by atoms with Crippen LogP contribution in [0, 0.1) is 0 Å². The van der Waals surface area contributed by atoms with E-state index in [0.29, 0.717) is 18.1 Å². The highest BCUT2D eigenvalue weighted by Crippen LogP contribution is 2.03. The van der Waals surface area contributed by atoms with Crippen LogP contribution >= 0.6 is 0 Å². The number of aromatic nitrogens is 1. The summed E-state index contributed by atoms with van der Waals surface area (Å²) in [7, 11) is 0. The van der Waals surface area contributed by atoms with Crippen LogP contribution in [0.5, 0.6) is 0 Å². The van der Waals surface area contributed by atoms with Gasteiger partial charge in [0.1, 0.15) is 0 Å². The summed E-state index contributed by atoms with van der Waals surface area (Å²) < 4.78 is 0. The van der Waals surface area contributed by atoms with Gasteiger partial charge in [-0.05, 0) is 25.0 Å². The second-order valence-electron chi connectivity index (χ2n) is 3.56. The number of pyridine rings is 1. The number of carbonyl (C=O) groups is 1. The molecule has 0 aromatic carbocycles. The van der Waals surface area contributed by atoms with Gasteiger partial charge in [-0.3, -0.25) is 14.8 Å². The first-order valence-electron chi connectivity index (χ1n) is 5.36. The second-order valence-corrected chi connectivity index (χ2v) is 3.56. The normalized spacial score (nSPS) is 15.6. The summed E-state index contributed by atoms with van der Waals surface area (Å²) in [6, 6.07) is 3.57. The van der Waals surface area contributed by atoms with Crippen LogP contribution in [0.2, 0.25) is 0 Å². The van der Waals surface area contributed by atoms with Crippen molar-refractivity contribution in [3.63, 3.8) is 0 Å². The molecule has 5 heteroatoms. The average molecular weight is 218 g/mol. The number of hydrogen-bond donors (Lipinski definition) is 2. The lowest BCUT2D eigenvalue weighted by Gasteiger charge is -2.07. The molecule has 0 spiro atoms. The molecule has 16 heavy (non-hydrogen) atoms. The van der Waals surface area contributed by atoms with Gasteiger partial charge in [-0.25, -0.2) is 0 Å². The Kier molecular flexibility index (Phi) is 3.48. The summed E-state index contributed by atoms with van der Waals surface area (Å²) in [5.41, 5.74) is 0.682. The first-order valence-corrected chi connectivity index (χ1v) is 5.36. The molecule has 1 aromatic rings. The van der Waals surface area contributed by atoms with E-state index >= 15 is 0 Å². The molecule has 1 aliphatic heterocycles. The summed E-state index contributed by atoms with van der Waals surface area (Å²) in [4.78, 5) is 19.9. The molecule has 0 saturated heterocycles. The van der Waals surface area contributed by atoms with Crippen molar-refractivity contribution in [1.29, 1.82) is 0 Å². The number of carbonyl (C=O) groups excluding carboxylic acids is 1. The molecular formula is C11H14N4O. The quantitative estimate of drug-likeness (QED) is 0.771. The van der Waals surface area contributed by atoms with Gasteiger partial charge in [0.05, 0.1) is 11.9 Å². The van der Waals surface area contributed by atoms with E-state index in [1.165, 1.54) is 0 Å². The molecule has 0 unspecified atom stereocenters. The Balaban J connectivity index is 2.00. The van der Waals surface area contributed by atoms with E-state index in [9.17, 15) is 4.79 Å². The van der Waals surface area contributed by atoms with Crippen LogP contribution in [-0.4, -0.2) is 29.8 Å². The monoisotopic (exact) mass is 218 g/mol. The minimum Gasteiger partial charge on any atom is -0.366 e. The number of amides is 1. The Labute approximate surface area is 94.0 Å². The van der Waals surface area contributed by atoms with Crippen LogP contribution < -0.4 is 10.6 Å². The number of anilines is 1. The Morgan fingerprint density at radius 3 is 3.19 bits per heavy atom. The molecule has 1 aliphatic rings. The number of hydrogen-bond acceptors (Lipinski definition) is 4. The molecule has 5 nitrogen and oxygen atoms in total. The summed E-state index contributed by atoms with van der Waals surface area (Å²) in [6.07, 6.45) is 5.34. The van der Waals surface area contributed by atoms with Crippen LogP contribution in [0.3, 0.4) is 0 Å². The number of rotatable bonds is 2.